The molecule has 0 fully saturated rings. The Hall–Kier alpha value is -2.97. The summed E-state index contributed by atoms with van der Waals surface area (Å²) < 4.78 is 0. The van der Waals surface area contributed by atoms with E-state index in [0.717, 1.165) is 0 Å². The smallest absolute Gasteiger partial charge is 0.0476 e. The van der Waals surface area contributed by atoms with E-state index in [0.29, 0.717) is 0 Å². The molecular weight excluding hydrogens is 382 g/mol. The summed E-state index contributed by atoms with van der Waals surface area (Å²) in [6, 6.07) is 26.3. The van der Waals surface area contributed by atoms with Gasteiger partial charge in [-0.05, 0) is 79.3 Å². The van der Waals surface area contributed by atoms with Crippen LogP contribution in [0.1, 0.15) is 22.3 Å². The second kappa shape index (κ2) is 7.37. The van der Waals surface area contributed by atoms with E-state index in [2.05, 4.69) is 105 Å². The number of hydrogen-bond acceptors (Lipinski definition) is 1. The van der Waals surface area contributed by atoms with Crippen LogP contribution in [-0.4, -0.2) is 4.98 Å². The van der Waals surface area contributed by atoms with Crippen molar-refractivity contribution in [2.45, 2.75) is 37.5 Å². The average Bonchev–Trinajstić information content (AvgIpc) is 3.12. The van der Waals surface area contributed by atoms with Crippen molar-refractivity contribution in [3.63, 3.8) is 0 Å². The van der Waals surface area contributed by atoms with Crippen molar-refractivity contribution in [3.05, 3.63) is 95.1 Å². The van der Waals surface area contributed by atoms with Crippen molar-refractivity contribution in [2.75, 3.05) is 0 Å². The lowest BCUT2D eigenvalue weighted by Crippen LogP contribution is -1.93. The Bertz CT molecular complexity index is 1410. The van der Waals surface area contributed by atoms with Crippen LogP contribution < -0.4 is 0 Å². The second-order valence-corrected chi connectivity index (χ2v) is 9.15. The van der Waals surface area contributed by atoms with E-state index in [1.807, 2.05) is 11.8 Å². The summed E-state index contributed by atoms with van der Waals surface area (Å²) in [6.45, 7) is 8.90. The normalized spacial score (nSPS) is 11.5. The Morgan fingerprint density at radius 3 is 2.20 bits per heavy atom. The van der Waals surface area contributed by atoms with Crippen molar-refractivity contribution < 1.29 is 0 Å². The Morgan fingerprint density at radius 1 is 0.633 bits per heavy atom. The monoisotopic (exact) mass is 407 g/mol. The third-order valence-electron chi connectivity index (χ3n) is 6.07. The lowest BCUT2D eigenvalue weighted by Gasteiger charge is -2.17. The van der Waals surface area contributed by atoms with Gasteiger partial charge in [-0.25, -0.2) is 0 Å². The average molecular weight is 408 g/mol. The molecular formula is C28H25NS. The van der Waals surface area contributed by atoms with Crippen molar-refractivity contribution in [3.8, 4) is 11.1 Å². The molecule has 148 valence electrons. The predicted octanol–water partition coefficient (Wildman–Crippen LogP) is 8.37. The van der Waals surface area contributed by atoms with Crippen LogP contribution in [-0.2, 0) is 0 Å². The third-order valence-corrected chi connectivity index (χ3v) is 7.46. The Morgan fingerprint density at radius 2 is 1.37 bits per heavy atom. The zero-order chi connectivity index (χ0) is 20.8. The van der Waals surface area contributed by atoms with Crippen molar-refractivity contribution >= 4 is 33.6 Å². The highest BCUT2D eigenvalue weighted by molar-refractivity contribution is 7.99. The number of aromatic nitrogens is 1. The Balaban J connectivity index is 1.71. The topological polar surface area (TPSA) is 15.8 Å². The van der Waals surface area contributed by atoms with Gasteiger partial charge in [0.25, 0.3) is 0 Å². The maximum Gasteiger partial charge on any atom is 0.0476 e. The highest BCUT2D eigenvalue weighted by atomic mass is 32.2. The quantitative estimate of drug-likeness (QED) is 0.317. The minimum atomic E-state index is 1.20. The fourth-order valence-corrected chi connectivity index (χ4v) is 5.62. The number of fused-ring (bicyclic) bond motifs is 3. The summed E-state index contributed by atoms with van der Waals surface area (Å²) in [7, 11) is 0. The first kappa shape index (κ1) is 19.0. The van der Waals surface area contributed by atoms with Crippen molar-refractivity contribution in [1.82, 2.24) is 4.98 Å². The highest BCUT2D eigenvalue weighted by Gasteiger charge is 2.16. The van der Waals surface area contributed by atoms with Crippen LogP contribution >= 0.6 is 11.8 Å². The molecule has 4 aromatic carbocycles. The summed E-state index contributed by atoms with van der Waals surface area (Å²) in [5.41, 5.74) is 10.4. The van der Waals surface area contributed by atoms with Crippen LogP contribution in [0.15, 0.2) is 82.6 Å². The molecule has 1 nitrogen and oxygen atoms in total. The first-order chi connectivity index (χ1) is 14.5. The van der Waals surface area contributed by atoms with Crippen molar-refractivity contribution in [1.29, 1.82) is 0 Å². The first-order valence-corrected chi connectivity index (χ1v) is 11.2. The van der Waals surface area contributed by atoms with Crippen LogP contribution in [0, 0.1) is 27.7 Å². The molecule has 0 aliphatic heterocycles. The molecule has 0 aliphatic carbocycles. The minimum Gasteiger partial charge on any atom is -0.354 e. The number of rotatable bonds is 3. The van der Waals surface area contributed by atoms with E-state index >= 15 is 0 Å². The van der Waals surface area contributed by atoms with E-state index in [9.17, 15) is 0 Å². The van der Waals surface area contributed by atoms with Crippen LogP contribution in [0.2, 0.25) is 0 Å². The number of benzene rings is 4. The second-order valence-electron chi connectivity index (χ2n) is 8.10. The first-order valence-electron chi connectivity index (χ1n) is 10.4. The predicted molar refractivity (Wildman–Crippen MR) is 131 cm³/mol. The molecule has 1 aromatic heterocycles. The Labute approximate surface area is 182 Å². The summed E-state index contributed by atoms with van der Waals surface area (Å²) >= 11 is 1.89. The summed E-state index contributed by atoms with van der Waals surface area (Å²) in [6.07, 6.45) is 0. The maximum atomic E-state index is 3.59. The lowest BCUT2D eigenvalue weighted by atomic mass is 9.93. The van der Waals surface area contributed by atoms with E-state index in [-0.39, 0.29) is 0 Å². The highest BCUT2D eigenvalue weighted by Crippen LogP contribution is 2.43. The molecule has 0 atom stereocenters. The standard InChI is InChI=1S/C28H25NS/c1-17-9-5-6-10-21(17)26-18(2)14-16-25(20(26)4)30-28-19(3)13-15-24-27(28)22-11-7-8-12-23(22)29-24/h5-16,29H,1-4H3. The minimum absolute atomic E-state index is 1.20. The molecule has 0 unspecified atom stereocenters. The van der Waals surface area contributed by atoms with Gasteiger partial charge in [0.15, 0.2) is 0 Å². The van der Waals surface area contributed by atoms with Crippen LogP contribution in [0.25, 0.3) is 32.9 Å². The summed E-state index contributed by atoms with van der Waals surface area (Å²) in [5, 5.41) is 2.62. The molecule has 0 bridgehead atoms. The van der Waals surface area contributed by atoms with Gasteiger partial charge in [-0.3, -0.25) is 0 Å². The van der Waals surface area contributed by atoms with E-state index in [4.69, 9.17) is 0 Å². The molecule has 0 radical (unpaired) electrons. The van der Waals surface area contributed by atoms with Crippen LogP contribution in [0.5, 0.6) is 0 Å². The van der Waals surface area contributed by atoms with Gasteiger partial charge in [0.1, 0.15) is 0 Å². The third kappa shape index (κ3) is 3.03. The van der Waals surface area contributed by atoms with Crippen LogP contribution in [0.4, 0.5) is 0 Å². The fraction of sp³-hybridized carbons (Fsp3) is 0.143. The van der Waals surface area contributed by atoms with Crippen LogP contribution in [0.3, 0.4) is 0 Å². The van der Waals surface area contributed by atoms with E-state index < -0.39 is 0 Å². The zero-order valence-electron chi connectivity index (χ0n) is 17.8. The van der Waals surface area contributed by atoms with E-state index in [1.165, 1.54) is 65.0 Å². The van der Waals surface area contributed by atoms with Gasteiger partial charge in [-0.15, -0.1) is 0 Å². The maximum absolute atomic E-state index is 3.59. The van der Waals surface area contributed by atoms with Crippen molar-refractivity contribution in [2.24, 2.45) is 0 Å². The number of aromatic amines is 1. The number of para-hydroxylation sites is 1. The van der Waals surface area contributed by atoms with Gasteiger partial charge in [-0.1, -0.05) is 66.4 Å². The molecule has 1 heterocycles. The molecule has 2 heteroatoms. The molecule has 5 rings (SSSR count). The van der Waals surface area contributed by atoms with Gasteiger partial charge in [0.05, 0.1) is 0 Å². The largest absolute Gasteiger partial charge is 0.354 e. The number of H-pyrrole nitrogens is 1. The summed E-state index contributed by atoms with van der Waals surface area (Å²) in [4.78, 5) is 6.25. The molecule has 0 spiro atoms. The molecule has 0 amide bonds. The molecule has 0 saturated carbocycles. The molecule has 30 heavy (non-hydrogen) atoms. The molecule has 1 N–H and O–H groups in total. The van der Waals surface area contributed by atoms with Gasteiger partial charge in [-0.2, -0.15) is 0 Å². The number of nitrogens with one attached hydrogen (secondary N) is 1. The van der Waals surface area contributed by atoms with Gasteiger partial charge >= 0.3 is 0 Å². The fourth-order valence-electron chi connectivity index (χ4n) is 4.46. The summed E-state index contributed by atoms with van der Waals surface area (Å²) in [5.74, 6) is 0. The van der Waals surface area contributed by atoms with Gasteiger partial charge in [0.2, 0.25) is 0 Å². The molecule has 0 aliphatic rings. The van der Waals surface area contributed by atoms with Gasteiger partial charge in [0, 0.05) is 31.6 Å². The molecule has 0 saturated heterocycles. The Kier molecular flexibility index (Phi) is 4.67. The lowest BCUT2D eigenvalue weighted by molar-refractivity contribution is 1.25. The number of aryl methyl sites for hydroxylation is 3. The number of hydrogen-bond donors (Lipinski definition) is 1. The van der Waals surface area contributed by atoms with Gasteiger partial charge < -0.3 is 4.98 Å². The van der Waals surface area contributed by atoms with E-state index in [1.54, 1.807) is 0 Å². The zero-order valence-corrected chi connectivity index (χ0v) is 18.7. The molecule has 5 aromatic rings. The SMILES string of the molecule is Cc1ccccc1-c1c(C)ccc(Sc2c(C)ccc3[nH]c4ccccc4c23)c1C.